The highest BCUT2D eigenvalue weighted by atomic mass is 32.2. The number of fused-ring (bicyclic) bond motifs is 1. The van der Waals surface area contributed by atoms with Gasteiger partial charge in [-0.2, -0.15) is 0 Å². The fourth-order valence-corrected chi connectivity index (χ4v) is 3.86. The Kier molecular flexibility index (Phi) is 6.46. The summed E-state index contributed by atoms with van der Waals surface area (Å²) in [6, 6.07) is 13.6. The van der Waals surface area contributed by atoms with E-state index in [9.17, 15) is 14.0 Å². The van der Waals surface area contributed by atoms with E-state index in [1.165, 1.54) is 17.8 Å². The van der Waals surface area contributed by atoms with Crippen LogP contribution < -0.4 is 10.9 Å². The number of para-hydroxylation sites is 1. The maximum Gasteiger partial charge on any atom is 0.262 e. The number of hydrogen-bond donors (Lipinski definition) is 1. The summed E-state index contributed by atoms with van der Waals surface area (Å²) in [6.07, 6.45) is 0.425. The van der Waals surface area contributed by atoms with Gasteiger partial charge in [-0.1, -0.05) is 42.1 Å². The SMILES string of the molecule is CC(C)n1c(SCC(=O)NCCc2ccccc2F)nc2ccccc2c1=O. The predicted molar refractivity (Wildman–Crippen MR) is 110 cm³/mol. The number of nitrogens with zero attached hydrogens (tertiary/aromatic N) is 2. The Morgan fingerprint density at radius 2 is 1.89 bits per heavy atom. The van der Waals surface area contributed by atoms with E-state index in [1.807, 2.05) is 26.0 Å². The number of nitrogens with one attached hydrogen (secondary N) is 1. The molecule has 1 amide bonds. The first kappa shape index (κ1) is 20.1. The molecule has 0 aliphatic carbocycles. The topological polar surface area (TPSA) is 64.0 Å². The third kappa shape index (κ3) is 4.59. The molecule has 0 saturated heterocycles. The molecule has 1 N–H and O–H groups in total. The van der Waals surface area contributed by atoms with Crippen molar-refractivity contribution in [3.63, 3.8) is 0 Å². The standard InChI is InChI=1S/C21H22FN3O2S/c1-14(2)25-20(27)16-8-4-6-10-18(16)24-21(25)28-13-19(26)23-12-11-15-7-3-5-9-17(15)22/h3-10,14H,11-13H2,1-2H3,(H,23,26). The second-order valence-corrected chi connectivity index (χ2v) is 7.60. The van der Waals surface area contributed by atoms with Crippen LogP contribution in [0.2, 0.25) is 0 Å². The zero-order valence-corrected chi connectivity index (χ0v) is 16.6. The van der Waals surface area contributed by atoms with Crippen molar-refractivity contribution in [2.75, 3.05) is 12.3 Å². The van der Waals surface area contributed by atoms with Gasteiger partial charge in [0.1, 0.15) is 5.82 Å². The quantitative estimate of drug-likeness (QED) is 0.487. The maximum atomic E-state index is 13.6. The molecule has 0 aliphatic rings. The van der Waals surface area contributed by atoms with Crippen LogP contribution in [0.4, 0.5) is 4.39 Å². The van der Waals surface area contributed by atoms with Crippen molar-refractivity contribution in [2.45, 2.75) is 31.5 Å². The van der Waals surface area contributed by atoms with E-state index in [2.05, 4.69) is 10.3 Å². The molecule has 0 radical (unpaired) electrons. The Labute approximate surface area is 167 Å². The van der Waals surface area contributed by atoms with Gasteiger partial charge >= 0.3 is 0 Å². The summed E-state index contributed by atoms with van der Waals surface area (Å²) >= 11 is 1.23. The summed E-state index contributed by atoms with van der Waals surface area (Å²) in [7, 11) is 0. The number of carbonyl (C=O) groups is 1. The second kappa shape index (κ2) is 9.01. The van der Waals surface area contributed by atoms with Crippen molar-refractivity contribution in [3.05, 3.63) is 70.3 Å². The van der Waals surface area contributed by atoms with Gasteiger partial charge in [-0.15, -0.1) is 0 Å². The van der Waals surface area contributed by atoms with Crippen LogP contribution in [0, 0.1) is 5.82 Å². The van der Waals surface area contributed by atoms with Gasteiger partial charge < -0.3 is 5.32 Å². The van der Waals surface area contributed by atoms with Crippen molar-refractivity contribution < 1.29 is 9.18 Å². The molecule has 0 aliphatic heterocycles. The minimum Gasteiger partial charge on any atom is -0.355 e. The zero-order chi connectivity index (χ0) is 20.1. The molecule has 3 aromatic rings. The largest absolute Gasteiger partial charge is 0.355 e. The summed E-state index contributed by atoms with van der Waals surface area (Å²) in [5.74, 6) is -0.319. The van der Waals surface area contributed by atoms with Gasteiger partial charge in [0.15, 0.2) is 5.16 Å². The van der Waals surface area contributed by atoms with E-state index in [0.717, 1.165) is 0 Å². The van der Waals surface area contributed by atoms with Gasteiger partial charge in [0.25, 0.3) is 5.56 Å². The Morgan fingerprint density at radius 1 is 1.18 bits per heavy atom. The zero-order valence-electron chi connectivity index (χ0n) is 15.8. The molecule has 0 spiro atoms. The molecule has 0 fully saturated rings. The van der Waals surface area contributed by atoms with Crippen LogP contribution >= 0.6 is 11.8 Å². The first-order valence-corrected chi connectivity index (χ1v) is 10.1. The van der Waals surface area contributed by atoms with Crippen LogP contribution in [-0.2, 0) is 11.2 Å². The van der Waals surface area contributed by atoms with Crippen LogP contribution in [0.5, 0.6) is 0 Å². The van der Waals surface area contributed by atoms with Crippen LogP contribution in [0.1, 0.15) is 25.5 Å². The average molecular weight is 399 g/mol. The Morgan fingerprint density at radius 3 is 2.64 bits per heavy atom. The number of amides is 1. The molecule has 1 aromatic heterocycles. The molecule has 0 unspecified atom stereocenters. The van der Waals surface area contributed by atoms with E-state index in [0.29, 0.717) is 34.6 Å². The smallest absolute Gasteiger partial charge is 0.262 e. The number of carbonyl (C=O) groups excluding carboxylic acids is 1. The molecule has 0 bridgehead atoms. The number of aromatic nitrogens is 2. The molecule has 5 nitrogen and oxygen atoms in total. The number of thioether (sulfide) groups is 1. The van der Waals surface area contributed by atoms with E-state index < -0.39 is 0 Å². The summed E-state index contributed by atoms with van der Waals surface area (Å²) in [4.78, 5) is 29.5. The fraction of sp³-hybridized carbons (Fsp3) is 0.286. The molecule has 146 valence electrons. The molecule has 0 atom stereocenters. The lowest BCUT2D eigenvalue weighted by Crippen LogP contribution is -2.29. The molecule has 7 heteroatoms. The Balaban J connectivity index is 1.66. The summed E-state index contributed by atoms with van der Waals surface area (Å²) in [5, 5.41) is 3.87. The minimum atomic E-state index is -0.271. The number of benzene rings is 2. The van der Waals surface area contributed by atoms with Gasteiger partial charge in [0.2, 0.25) is 5.91 Å². The van der Waals surface area contributed by atoms with E-state index in [4.69, 9.17) is 0 Å². The first-order chi connectivity index (χ1) is 13.5. The van der Waals surface area contributed by atoms with Gasteiger partial charge in [0, 0.05) is 12.6 Å². The second-order valence-electron chi connectivity index (χ2n) is 6.66. The van der Waals surface area contributed by atoms with Crippen LogP contribution in [0.25, 0.3) is 10.9 Å². The summed E-state index contributed by atoms with van der Waals surface area (Å²) in [5.41, 5.74) is 1.08. The number of rotatable bonds is 7. The van der Waals surface area contributed by atoms with E-state index in [-0.39, 0.29) is 29.1 Å². The highest BCUT2D eigenvalue weighted by Gasteiger charge is 2.15. The van der Waals surface area contributed by atoms with Crippen molar-refractivity contribution in [3.8, 4) is 0 Å². The third-order valence-corrected chi connectivity index (χ3v) is 5.25. The van der Waals surface area contributed by atoms with Gasteiger partial charge in [-0.05, 0) is 44.0 Å². The summed E-state index contributed by atoms with van der Waals surface area (Å²) < 4.78 is 15.2. The molecular weight excluding hydrogens is 377 g/mol. The van der Waals surface area contributed by atoms with Crippen LogP contribution in [-0.4, -0.2) is 27.8 Å². The Bertz CT molecular complexity index is 1050. The molecule has 0 saturated carbocycles. The highest BCUT2D eigenvalue weighted by Crippen LogP contribution is 2.20. The minimum absolute atomic E-state index is 0.0729. The number of halogens is 1. The van der Waals surface area contributed by atoms with Crippen molar-refractivity contribution >= 4 is 28.6 Å². The van der Waals surface area contributed by atoms with Gasteiger partial charge in [-0.25, -0.2) is 9.37 Å². The first-order valence-electron chi connectivity index (χ1n) is 9.11. The van der Waals surface area contributed by atoms with Crippen LogP contribution in [0.15, 0.2) is 58.5 Å². The molecule has 2 aromatic carbocycles. The normalized spacial score (nSPS) is 11.1. The maximum absolute atomic E-state index is 13.6. The molecule has 1 heterocycles. The van der Waals surface area contributed by atoms with Crippen LogP contribution in [0.3, 0.4) is 0 Å². The lowest BCUT2D eigenvalue weighted by Gasteiger charge is -2.16. The van der Waals surface area contributed by atoms with Crippen molar-refractivity contribution in [1.29, 1.82) is 0 Å². The monoisotopic (exact) mass is 399 g/mol. The van der Waals surface area contributed by atoms with Gasteiger partial charge in [-0.3, -0.25) is 14.2 Å². The molecule has 28 heavy (non-hydrogen) atoms. The highest BCUT2D eigenvalue weighted by molar-refractivity contribution is 7.99. The summed E-state index contributed by atoms with van der Waals surface area (Å²) in [6.45, 7) is 4.18. The van der Waals surface area contributed by atoms with Gasteiger partial charge in [0.05, 0.1) is 16.7 Å². The fourth-order valence-electron chi connectivity index (χ4n) is 2.90. The molecular formula is C21H22FN3O2S. The lowest BCUT2D eigenvalue weighted by atomic mass is 10.1. The predicted octanol–water partition coefficient (Wildman–Crippen LogP) is 3.57. The average Bonchev–Trinajstić information content (AvgIpc) is 2.67. The lowest BCUT2D eigenvalue weighted by molar-refractivity contribution is -0.118. The third-order valence-electron chi connectivity index (χ3n) is 4.30. The van der Waals surface area contributed by atoms with Crippen molar-refractivity contribution in [2.24, 2.45) is 0 Å². The van der Waals surface area contributed by atoms with E-state index >= 15 is 0 Å². The van der Waals surface area contributed by atoms with Crippen molar-refractivity contribution in [1.82, 2.24) is 14.9 Å². The molecule has 3 rings (SSSR count). The Hall–Kier alpha value is -2.67. The number of hydrogen-bond acceptors (Lipinski definition) is 4. The van der Waals surface area contributed by atoms with E-state index in [1.54, 1.807) is 34.9 Å².